The Labute approximate surface area is 203 Å². The van der Waals surface area contributed by atoms with Gasteiger partial charge in [-0.15, -0.1) is 10.2 Å². The highest BCUT2D eigenvalue weighted by atomic mass is 32.2. The molecule has 5 rings (SSSR count). The van der Waals surface area contributed by atoms with Crippen LogP contribution in [0, 0.1) is 0 Å². The molecule has 1 aliphatic heterocycles. The molecule has 34 heavy (non-hydrogen) atoms. The number of likely N-dealkylation sites (N-methyl/N-ethyl adjacent to an activating group) is 1. The lowest BCUT2D eigenvalue weighted by molar-refractivity contribution is 0.0664. The molecule has 2 aromatic heterocycles. The van der Waals surface area contributed by atoms with Crippen molar-refractivity contribution in [2.45, 2.75) is 17.5 Å². The summed E-state index contributed by atoms with van der Waals surface area (Å²) >= 11 is 1.61. The lowest BCUT2D eigenvalue weighted by atomic mass is 10.1. The molecular formula is C26H27N5O2S. The standard InChI is InChI=1S/C26H27N5O2S/c1-29-12-14-30(15-13-29)25(32)22-10-5-9-21(17-22)19-34-26-28-27-24(23-11-6-16-33-23)31(26)18-20-7-3-2-4-8-20/h2-11,16-17H,12-15,18-19H2,1H3. The van der Waals surface area contributed by atoms with Crippen LogP contribution < -0.4 is 0 Å². The Morgan fingerprint density at radius 2 is 1.74 bits per heavy atom. The van der Waals surface area contributed by atoms with Gasteiger partial charge in [0.2, 0.25) is 5.82 Å². The normalized spacial score (nSPS) is 14.4. The average Bonchev–Trinajstić information content (AvgIpc) is 3.54. The van der Waals surface area contributed by atoms with Crippen LogP contribution in [0.2, 0.25) is 0 Å². The molecular weight excluding hydrogens is 446 g/mol. The lowest BCUT2D eigenvalue weighted by Crippen LogP contribution is -2.47. The van der Waals surface area contributed by atoms with Crippen LogP contribution >= 0.6 is 11.8 Å². The highest BCUT2D eigenvalue weighted by Gasteiger charge is 2.21. The van der Waals surface area contributed by atoms with Crippen molar-refractivity contribution in [2.75, 3.05) is 33.2 Å². The van der Waals surface area contributed by atoms with Gasteiger partial charge in [-0.2, -0.15) is 0 Å². The molecule has 0 atom stereocenters. The number of carbonyl (C=O) groups is 1. The van der Waals surface area contributed by atoms with Crippen LogP contribution in [0.4, 0.5) is 0 Å². The van der Waals surface area contributed by atoms with Crippen molar-refractivity contribution in [1.82, 2.24) is 24.6 Å². The first-order chi connectivity index (χ1) is 16.7. The topological polar surface area (TPSA) is 67.4 Å². The number of thioether (sulfide) groups is 1. The molecule has 0 saturated carbocycles. The Balaban J connectivity index is 1.33. The van der Waals surface area contributed by atoms with E-state index in [0.717, 1.165) is 48.0 Å². The summed E-state index contributed by atoms with van der Waals surface area (Å²) in [6.07, 6.45) is 1.65. The fourth-order valence-corrected chi connectivity index (χ4v) is 4.91. The second-order valence-corrected chi connectivity index (χ2v) is 9.38. The first-order valence-corrected chi connectivity index (χ1v) is 12.4. The van der Waals surface area contributed by atoms with Gasteiger partial charge in [-0.05, 0) is 42.4 Å². The van der Waals surface area contributed by atoms with E-state index in [1.54, 1.807) is 18.0 Å². The third-order valence-corrected chi connectivity index (χ3v) is 7.01. The van der Waals surface area contributed by atoms with E-state index in [0.29, 0.717) is 23.9 Å². The number of nitrogens with zero attached hydrogens (tertiary/aromatic N) is 5. The van der Waals surface area contributed by atoms with Gasteiger partial charge in [0.25, 0.3) is 5.91 Å². The third kappa shape index (κ3) is 5.08. The monoisotopic (exact) mass is 473 g/mol. The maximum absolute atomic E-state index is 13.0. The zero-order chi connectivity index (χ0) is 23.3. The third-order valence-electron chi connectivity index (χ3n) is 5.97. The Morgan fingerprint density at radius 3 is 2.50 bits per heavy atom. The fraction of sp³-hybridized carbons (Fsp3) is 0.269. The van der Waals surface area contributed by atoms with Crippen LogP contribution in [0.5, 0.6) is 0 Å². The zero-order valence-electron chi connectivity index (χ0n) is 19.1. The van der Waals surface area contributed by atoms with Gasteiger partial charge in [-0.25, -0.2) is 0 Å². The summed E-state index contributed by atoms with van der Waals surface area (Å²) in [5.41, 5.74) is 2.99. The SMILES string of the molecule is CN1CCN(C(=O)c2cccc(CSc3nnc(-c4ccco4)n3Cc3ccccc3)c2)CC1. The predicted octanol–water partition coefficient (Wildman–Crippen LogP) is 4.27. The molecule has 1 aliphatic rings. The van der Waals surface area contributed by atoms with Gasteiger partial charge in [-0.3, -0.25) is 9.36 Å². The molecule has 0 spiro atoms. The second kappa shape index (κ2) is 10.3. The number of rotatable bonds is 7. The summed E-state index contributed by atoms with van der Waals surface area (Å²) in [4.78, 5) is 17.2. The van der Waals surface area contributed by atoms with E-state index in [2.05, 4.69) is 44.9 Å². The molecule has 3 heterocycles. The summed E-state index contributed by atoms with van der Waals surface area (Å²) in [6.45, 7) is 4.01. The molecule has 4 aromatic rings. The van der Waals surface area contributed by atoms with Gasteiger partial charge in [0, 0.05) is 37.5 Å². The van der Waals surface area contributed by atoms with E-state index >= 15 is 0 Å². The molecule has 0 unspecified atom stereocenters. The van der Waals surface area contributed by atoms with Crippen molar-refractivity contribution in [3.63, 3.8) is 0 Å². The van der Waals surface area contributed by atoms with Gasteiger partial charge in [0.1, 0.15) is 0 Å². The van der Waals surface area contributed by atoms with Crippen molar-refractivity contribution < 1.29 is 9.21 Å². The molecule has 0 bridgehead atoms. The Morgan fingerprint density at radius 1 is 0.941 bits per heavy atom. The minimum atomic E-state index is 0.104. The highest BCUT2D eigenvalue weighted by Crippen LogP contribution is 2.28. The Bertz CT molecular complexity index is 1230. The van der Waals surface area contributed by atoms with Crippen LogP contribution in [0.1, 0.15) is 21.5 Å². The maximum Gasteiger partial charge on any atom is 0.253 e. The quantitative estimate of drug-likeness (QED) is 0.374. The number of hydrogen-bond donors (Lipinski definition) is 0. The number of aromatic nitrogens is 3. The van der Waals surface area contributed by atoms with Crippen molar-refractivity contribution in [3.05, 3.63) is 89.7 Å². The average molecular weight is 474 g/mol. The first kappa shape index (κ1) is 22.4. The number of benzene rings is 2. The number of furan rings is 1. The van der Waals surface area contributed by atoms with Crippen LogP contribution in [-0.2, 0) is 12.3 Å². The molecule has 2 aromatic carbocycles. The van der Waals surface area contributed by atoms with E-state index in [1.807, 2.05) is 53.4 Å². The molecule has 0 radical (unpaired) electrons. The van der Waals surface area contributed by atoms with Crippen molar-refractivity contribution in [2.24, 2.45) is 0 Å². The van der Waals surface area contributed by atoms with E-state index < -0.39 is 0 Å². The van der Waals surface area contributed by atoms with Crippen molar-refractivity contribution in [3.8, 4) is 11.6 Å². The molecule has 0 aliphatic carbocycles. The van der Waals surface area contributed by atoms with E-state index in [9.17, 15) is 4.79 Å². The number of amides is 1. The fourth-order valence-electron chi connectivity index (χ4n) is 4.03. The summed E-state index contributed by atoms with van der Waals surface area (Å²) < 4.78 is 7.68. The summed E-state index contributed by atoms with van der Waals surface area (Å²) in [5.74, 6) is 2.19. The van der Waals surface area contributed by atoms with E-state index in [-0.39, 0.29) is 5.91 Å². The van der Waals surface area contributed by atoms with Crippen LogP contribution in [-0.4, -0.2) is 63.7 Å². The Kier molecular flexibility index (Phi) is 6.78. The van der Waals surface area contributed by atoms with Crippen LogP contribution in [0.15, 0.2) is 82.6 Å². The largest absolute Gasteiger partial charge is 0.461 e. The minimum absolute atomic E-state index is 0.104. The van der Waals surface area contributed by atoms with E-state index in [4.69, 9.17) is 4.42 Å². The van der Waals surface area contributed by atoms with Gasteiger partial charge < -0.3 is 14.2 Å². The van der Waals surface area contributed by atoms with Gasteiger partial charge >= 0.3 is 0 Å². The smallest absolute Gasteiger partial charge is 0.253 e. The van der Waals surface area contributed by atoms with Crippen LogP contribution in [0.3, 0.4) is 0 Å². The van der Waals surface area contributed by atoms with Crippen molar-refractivity contribution in [1.29, 1.82) is 0 Å². The number of carbonyl (C=O) groups excluding carboxylic acids is 1. The molecule has 0 N–H and O–H groups in total. The summed E-state index contributed by atoms with van der Waals surface area (Å²) in [6, 6.07) is 21.9. The molecule has 174 valence electrons. The Hall–Kier alpha value is -3.36. The second-order valence-electron chi connectivity index (χ2n) is 8.44. The zero-order valence-corrected chi connectivity index (χ0v) is 19.9. The molecule has 1 fully saturated rings. The summed E-state index contributed by atoms with van der Waals surface area (Å²) in [5, 5.41) is 9.68. The van der Waals surface area contributed by atoms with Crippen molar-refractivity contribution >= 4 is 17.7 Å². The van der Waals surface area contributed by atoms with Gasteiger partial charge in [0.15, 0.2) is 10.9 Å². The predicted molar refractivity (Wildman–Crippen MR) is 133 cm³/mol. The van der Waals surface area contributed by atoms with Gasteiger partial charge in [0.05, 0.1) is 12.8 Å². The lowest BCUT2D eigenvalue weighted by Gasteiger charge is -2.32. The summed E-state index contributed by atoms with van der Waals surface area (Å²) in [7, 11) is 2.09. The molecule has 7 nitrogen and oxygen atoms in total. The molecule has 1 saturated heterocycles. The number of hydrogen-bond acceptors (Lipinski definition) is 6. The van der Waals surface area contributed by atoms with Gasteiger partial charge in [-0.1, -0.05) is 54.2 Å². The molecule has 8 heteroatoms. The first-order valence-electron chi connectivity index (χ1n) is 11.4. The highest BCUT2D eigenvalue weighted by molar-refractivity contribution is 7.98. The number of piperazine rings is 1. The van der Waals surface area contributed by atoms with Crippen LogP contribution in [0.25, 0.3) is 11.6 Å². The maximum atomic E-state index is 13.0. The minimum Gasteiger partial charge on any atom is -0.461 e. The molecule has 1 amide bonds. The van der Waals surface area contributed by atoms with E-state index in [1.165, 1.54) is 0 Å².